The monoisotopic (exact) mass is 256 g/mol. The third-order valence-electron chi connectivity index (χ3n) is 1.62. The molecule has 0 heterocycles. The molecule has 0 aliphatic heterocycles. The lowest BCUT2D eigenvalue weighted by molar-refractivity contribution is -0.154. The van der Waals surface area contributed by atoms with Crippen molar-refractivity contribution < 1.29 is 38.9 Å². The van der Waals surface area contributed by atoms with Crippen LogP contribution >= 0.6 is 7.60 Å². The van der Waals surface area contributed by atoms with Gasteiger partial charge in [0.25, 0.3) is 0 Å². The van der Waals surface area contributed by atoms with Crippen molar-refractivity contribution in [3.05, 3.63) is 0 Å². The number of aliphatic carboxylic acids is 1. The fourth-order valence-corrected chi connectivity index (χ4v) is 1.42. The van der Waals surface area contributed by atoms with E-state index in [-0.39, 0.29) is 0 Å². The number of rotatable bonds is 6. The van der Waals surface area contributed by atoms with E-state index in [2.05, 4.69) is 4.74 Å². The van der Waals surface area contributed by atoms with Crippen LogP contribution in [0.3, 0.4) is 0 Å². The van der Waals surface area contributed by atoms with Crippen LogP contribution in [-0.2, 0) is 18.9 Å². The van der Waals surface area contributed by atoms with E-state index >= 15 is 0 Å². The number of carbonyl (C=O) groups is 2. The molecule has 0 aliphatic carbocycles. The summed E-state index contributed by atoms with van der Waals surface area (Å²) in [5.41, 5.74) is 0. The number of hydrogen-bond donors (Lipinski definition) is 4. The van der Waals surface area contributed by atoms with Crippen LogP contribution in [0.15, 0.2) is 0 Å². The van der Waals surface area contributed by atoms with Gasteiger partial charge in [-0.05, 0) is 6.92 Å². The van der Waals surface area contributed by atoms with E-state index in [1.807, 2.05) is 0 Å². The predicted molar refractivity (Wildman–Crippen MR) is 50.5 cm³/mol. The molecule has 0 spiro atoms. The average molecular weight is 256 g/mol. The van der Waals surface area contributed by atoms with Crippen LogP contribution in [0, 0.1) is 0 Å². The zero-order valence-electron chi connectivity index (χ0n) is 8.44. The lowest BCUT2D eigenvalue weighted by Crippen LogP contribution is -2.28. The summed E-state index contributed by atoms with van der Waals surface area (Å²) < 4.78 is 15.0. The van der Waals surface area contributed by atoms with Crippen molar-refractivity contribution >= 4 is 19.5 Å². The smallest absolute Gasteiger partial charge is 0.357 e. The van der Waals surface area contributed by atoms with Gasteiger partial charge in [-0.15, -0.1) is 0 Å². The number of carboxylic acids is 1. The second-order valence-corrected chi connectivity index (χ2v) is 4.80. The van der Waals surface area contributed by atoms with Crippen LogP contribution in [0.4, 0.5) is 0 Å². The van der Waals surface area contributed by atoms with Gasteiger partial charge < -0.3 is 24.7 Å². The van der Waals surface area contributed by atoms with E-state index in [0.29, 0.717) is 0 Å². The highest BCUT2D eigenvalue weighted by Gasteiger charge is 2.34. The summed E-state index contributed by atoms with van der Waals surface area (Å²) in [6.07, 6.45) is -2.27. The summed E-state index contributed by atoms with van der Waals surface area (Å²) in [7, 11) is -4.75. The standard InChI is InChI=1S/C7H13O8P/c1-4(7(11)16(12,13)14)15-6(10)3-2-5(8)9/h4,7,11H,2-3H2,1H3,(H,8,9)(H2,12,13,14). The van der Waals surface area contributed by atoms with Gasteiger partial charge in [-0.25, -0.2) is 0 Å². The second-order valence-electron chi connectivity index (χ2n) is 3.09. The molecule has 0 fully saturated rings. The molecule has 2 atom stereocenters. The Balaban J connectivity index is 4.14. The van der Waals surface area contributed by atoms with Crippen molar-refractivity contribution in [3.63, 3.8) is 0 Å². The molecule has 94 valence electrons. The van der Waals surface area contributed by atoms with Crippen LogP contribution in [0.2, 0.25) is 0 Å². The molecule has 0 amide bonds. The van der Waals surface area contributed by atoms with Crippen molar-refractivity contribution in [3.8, 4) is 0 Å². The average Bonchev–Trinajstić information content (AvgIpc) is 2.11. The molecule has 8 nitrogen and oxygen atoms in total. The van der Waals surface area contributed by atoms with Crippen LogP contribution in [0.25, 0.3) is 0 Å². The minimum absolute atomic E-state index is 0.423. The van der Waals surface area contributed by atoms with Gasteiger partial charge in [0.15, 0.2) is 5.85 Å². The molecular formula is C7H13O8P. The molecule has 16 heavy (non-hydrogen) atoms. The minimum atomic E-state index is -4.75. The fourth-order valence-electron chi connectivity index (χ4n) is 0.810. The Kier molecular flexibility index (Phi) is 5.60. The first-order chi connectivity index (χ1) is 7.14. The van der Waals surface area contributed by atoms with Crippen molar-refractivity contribution in [2.45, 2.75) is 31.7 Å². The van der Waals surface area contributed by atoms with Crippen molar-refractivity contribution in [2.24, 2.45) is 0 Å². The Morgan fingerprint density at radius 1 is 1.31 bits per heavy atom. The van der Waals surface area contributed by atoms with E-state index in [1.54, 1.807) is 0 Å². The number of carboxylic acid groups (broad SMARTS) is 1. The highest BCUT2D eigenvalue weighted by atomic mass is 31.2. The number of carbonyl (C=O) groups excluding carboxylic acids is 1. The normalized spacial score (nSPS) is 15.2. The highest BCUT2D eigenvalue weighted by Crippen LogP contribution is 2.41. The van der Waals surface area contributed by atoms with Gasteiger partial charge in [-0.1, -0.05) is 0 Å². The molecule has 9 heteroatoms. The minimum Gasteiger partial charge on any atom is -0.481 e. The Labute approximate surface area is 91.0 Å². The van der Waals surface area contributed by atoms with Gasteiger partial charge >= 0.3 is 19.5 Å². The molecule has 2 unspecified atom stereocenters. The zero-order valence-corrected chi connectivity index (χ0v) is 9.33. The molecule has 0 radical (unpaired) electrons. The van der Waals surface area contributed by atoms with E-state index in [4.69, 9.17) is 20.0 Å². The largest absolute Gasteiger partial charge is 0.481 e. The maximum absolute atomic E-state index is 10.9. The molecule has 0 saturated heterocycles. The maximum Gasteiger partial charge on any atom is 0.357 e. The van der Waals surface area contributed by atoms with Gasteiger partial charge in [-0.2, -0.15) is 0 Å². The summed E-state index contributed by atoms with van der Waals surface area (Å²) in [4.78, 5) is 38.2. The van der Waals surface area contributed by atoms with E-state index < -0.39 is 44.3 Å². The number of esters is 1. The summed E-state index contributed by atoms with van der Waals surface area (Å²) in [6, 6.07) is 0. The lowest BCUT2D eigenvalue weighted by Gasteiger charge is -2.19. The van der Waals surface area contributed by atoms with E-state index in [9.17, 15) is 14.2 Å². The second kappa shape index (κ2) is 5.95. The Hall–Kier alpha value is -0.950. The number of aliphatic hydroxyl groups excluding tert-OH is 1. The van der Waals surface area contributed by atoms with Gasteiger partial charge in [0.2, 0.25) is 0 Å². The molecule has 0 rings (SSSR count). The van der Waals surface area contributed by atoms with Crippen molar-refractivity contribution in [1.29, 1.82) is 0 Å². The topological polar surface area (TPSA) is 141 Å². The summed E-state index contributed by atoms with van der Waals surface area (Å²) in [5.74, 6) is -4.25. The number of aliphatic hydroxyl groups is 1. The molecule has 4 N–H and O–H groups in total. The quantitative estimate of drug-likeness (QED) is 0.360. The molecule has 0 bridgehead atoms. The van der Waals surface area contributed by atoms with Crippen molar-refractivity contribution in [1.82, 2.24) is 0 Å². The van der Waals surface area contributed by atoms with Gasteiger partial charge in [0.05, 0.1) is 12.8 Å². The van der Waals surface area contributed by atoms with Crippen LogP contribution in [0.1, 0.15) is 19.8 Å². The van der Waals surface area contributed by atoms with Crippen LogP contribution in [0.5, 0.6) is 0 Å². The summed E-state index contributed by atoms with van der Waals surface area (Å²) >= 11 is 0. The van der Waals surface area contributed by atoms with E-state index in [1.165, 1.54) is 0 Å². The van der Waals surface area contributed by atoms with Gasteiger partial charge in [-0.3, -0.25) is 14.2 Å². The Morgan fingerprint density at radius 2 is 1.81 bits per heavy atom. The fraction of sp³-hybridized carbons (Fsp3) is 0.714. The van der Waals surface area contributed by atoms with Gasteiger partial charge in [0, 0.05) is 0 Å². The highest BCUT2D eigenvalue weighted by molar-refractivity contribution is 7.52. The summed E-state index contributed by atoms with van der Waals surface area (Å²) in [5, 5.41) is 17.3. The van der Waals surface area contributed by atoms with Gasteiger partial charge in [0.1, 0.15) is 6.10 Å². The zero-order chi connectivity index (χ0) is 12.9. The molecule has 0 aromatic carbocycles. The molecule has 0 aromatic rings. The predicted octanol–water partition coefficient (Wildman–Crippen LogP) is -0.721. The Bertz CT molecular complexity index is 308. The lowest BCUT2D eigenvalue weighted by atomic mass is 10.3. The molecule has 0 aliphatic rings. The first-order valence-corrected chi connectivity index (χ1v) is 5.97. The first kappa shape index (κ1) is 15.0. The number of hydrogen-bond acceptors (Lipinski definition) is 5. The SMILES string of the molecule is CC(OC(=O)CCC(=O)O)C(O)P(=O)(O)O. The molecule has 0 aromatic heterocycles. The third kappa shape index (κ3) is 5.82. The third-order valence-corrected chi connectivity index (χ3v) is 2.73. The van der Waals surface area contributed by atoms with E-state index in [0.717, 1.165) is 6.92 Å². The molecular weight excluding hydrogens is 243 g/mol. The first-order valence-electron chi connectivity index (χ1n) is 4.29. The number of ether oxygens (including phenoxy) is 1. The summed E-state index contributed by atoms with van der Waals surface area (Å²) in [6.45, 7) is 1.10. The van der Waals surface area contributed by atoms with Crippen molar-refractivity contribution in [2.75, 3.05) is 0 Å². The Morgan fingerprint density at radius 3 is 2.19 bits per heavy atom. The van der Waals surface area contributed by atoms with Crippen LogP contribution in [-0.4, -0.2) is 43.9 Å². The van der Waals surface area contributed by atoms with Crippen LogP contribution < -0.4 is 0 Å². The molecule has 0 saturated carbocycles. The maximum atomic E-state index is 10.9.